The number of carbonyl (C=O) groups is 2. The summed E-state index contributed by atoms with van der Waals surface area (Å²) < 4.78 is 10.3. The number of azo groups is 1. The fraction of sp³-hybridized carbons (Fsp3) is 0.158. The third kappa shape index (κ3) is 5.22. The Kier molecular flexibility index (Phi) is 7.13. The predicted octanol–water partition coefficient (Wildman–Crippen LogP) is 4.12. The first kappa shape index (κ1) is 21.2. The molecule has 0 bridgehead atoms. The van der Waals surface area contributed by atoms with Crippen LogP contribution in [-0.2, 0) is 4.79 Å². The van der Waals surface area contributed by atoms with Gasteiger partial charge in [-0.2, -0.15) is 0 Å². The summed E-state index contributed by atoms with van der Waals surface area (Å²) in [6.07, 6.45) is 0. The summed E-state index contributed by atoms with van der Waals surface area (Å²) >= 11 is 0. The lowest BCUT2D eigenvalue weighted by atomic mass is 10.2. The van der Waals surface area contributed by atoms with E-state index in [1.54, 1.807) is 24.3 Å². The summed E-state index contributed by atoms with van der Waals surface area (Å²) in [5, 5.41) is 22.4. The number of hydrogen-bond donors (Lipinski definition) is 2. The molecule has 0 aliphatic carbocycles. The van der Waals surface area contributed by atoms with E-state index < -0.39 is 11.8 Å². The minimum Gasteiger partial charge on any atom is -0.510 e. The summed E-state index contributed by atoms with van der Waals surface area (Å²) in [4.78, 5) is 34.5. The van der Waals surface area contributed by atoms with Crippen molar-refractivity contribution < 1.29 is 24.2 Å². The molecule has 0 aliphatic rings. The molecule has 0 unspecified atom stereocenters. The van der Waals surface area contributed by atoms with Crippen molar-refractivity contribution >= 4 is 23.2 Å². The summed E-state index contributed by atoms with van der Waals surface area (Å²) in [6, 6.07) is 10.7. The number of aliphatic hydroxyl groups excluding tert-OH is 1. The topological polar surface area (TPSA) is 139 Å². The lowest BCUT2D eigenvalue weighted by Gasteiger charge is -2.10. The van der Waals surface area contributed by atoms with E-state index in [1.165, 1.54) is 39.3 Å². The van der Waals surface area contributed by atoms with Crippen molar-refractivity contribution in [3.05, 3.63) is 64.4 Å². The molecule has 2 rings (SSSR count). The summed E-state index contributed by atoms with van der Waals surface area (Å²) in [6.45, 7) is 1.27. The molecule has 29 heavy (non-hydrogen) atoms. The van der Waals surface area contributed by atoms with Gasteiger partial charge in [-0.25, -0.2) is 0 Å². The van der Waals surface area contributed by atoms with E-state index in [-0.39, 0.29) is 28.5 Å². The SMILES string of the molecule is COc1ccc(C(=O)N=O)cc1N=NC(C(=O)Nc1ccccc1OC)=C(C)O. The standard InChI is InChI=1S/C19H18N4O6/c1-11(24)17(19(26)20-13-6-4-5-7-15(13)28-2)22-21-14-10-12(18(25)23-27)8-9-16(14)29-3/h4-10,24H,1-3H3,(H,20,26). The van der Waals surface area contributed by atoms with Gasteiger partial charge < -0.3 is 19.9 Å². The van der Waals surface area contributed by atoms with Gasteiger partial charge >= 0.3 is 5.91 Å². The first-order valence-corrected chi connectivity index (χ1v) is 8.23. The first-order valence-electron chi connectivity index (χ1n) is 8.23. The summed E-state index contributed by atoms with van der Waals surface area (Å²) in [5.74, 6) is -1.47. The molecule has 10 heteroatoms. The second-order valence-electron chi connectivity index (χ2n) is 5.57. The van der Waals surface area contributed by atoms with Gasteiger partial charge in [0, 0.05) is 10.7 Å². The number of allylic oxidation sites excluding steroid dienone is 1. The van der Waals surface area contributed by atoms with E-state index in [2.05, 4.69) is 20.7 Å². The maximum Gasteiger partial charge on any atom is 0.316 e. The molecule has 2 aromatic carbocycles. The zero-order valence-corrected chi connectivity index (χ0v) is 15.9. The van der Waals surface area contributed by atoms with Crippen LogP contribution in [0, 0.1) is 4.91 Å². The second-order valence-corrected chi connectivity index (χ2v) is 5.57. The van der Waals surface area contributed by atoms with Crippen LogP contribution in [0.15, 0.2) is 69.3 Å². The molecule has 2 amide bonds. The highest BCUT2D eigenvalue weighted by Crippen LogP contribution is 2.30. The molecule has 0 aliphatic heterocycles. The number of hydrogen-bond acceptors (Lipinski definition) is 8. The Morgan fingerprint density at radius 2 is 1.72 bits per heavy atom. The van der Waals surface area contributed by atoms with Crippen molar-refractivity contribution in [1.82, 2.24) is 0 Å². The smallest absolute Gasteiger partial charge is 0.316 e. The number of amides is 2. The van der Waals surface area contributed by atoms with Crippen molar-refractivity contribution in [3.8, 4) is 11.5 Å². The normalized spacial score (nSPS) is 11.6. The maximum atomic E-state index is 12.5. The van der Waals surface area contributed by atoms with Gasteiger partial charge in [0.2, 0.25) is 0 Å². The van der Waals surface area contributed by atoms with E-state index >= 15 is 0 Å². The summed E-state index contributed by atoms with van der Waals surface area (Å²) in [5.41, 5.74) is 0.0321. The Bertz CT molecular complexity index is 996. The van der Waals surface area contributed by atoms with Crippen LogP contribution in [-0.4, -0.2) is 31.1 Å². The van der Waals surface area contributed by atoms with Crippen LogP contribution >= 0.6 is 0 Å². The minimum absolute atomic E-state index is 0.0283. The summed E-state index contributed by atoms with van der Waals surface area (Å²) in [7, 11) is 2.82. The molecule has 0 saturated carbocycles. The van der Waals surface area contributed by atoms with Gasteiger partial charge in [0.25, 0.3) is 5.91 Å². The van der Waals surface area contributed by atoms with E-state index in [9.17, 15) is 19.6 Å². The molecule has 0 atom stereocenters. The molecule has 10 nitrogen and oxygen atoms in total. The number of carbonyl (C=O) groups excluding carboxylic acids is 2. The Morgan fingerprint density at radius 1 is 1.03 bits per heavy atom. The van der Waals surface area contributed by atoms with Gasteiger partial charge in [-0.3, -0.25) is 9.59 Å². The van der Waals surface area contributed by atoms with E-state index in [0.29, 0.717) is 11.4 Å². The number of aliphatic hydroxyl groups is 1. The molecule has 0 heterocycles. The molecule has 0 fully saturated rings. The van der Waals surface area contributed by atoms with Crippen molar-refractivity contribution in [2.45, 2.75) is 6.92 Å². The molecule has 0 spiro atoms. The Labute approximate surface area is 165 Å². The first-order chi connectivity index (χ1) is 13.9. The average Bonchev–Trinajstić information content (AvgIpc) is 2.73. The zero-order chi connectivity index (χ0) is 21.4. The fourth-order valence-electron chi connectivity index (χ4n) is 2.27. The van der Waals surface area contributed by atoms with Crippen LogP contribution in [0.5, 0.6) is 11.5 Å². The fourth-order valence-corrected chi connectivity index (χ4v) is 2.27. The number of methoxy groups -OCH3 is 2. The number of anilines is 1. The number of rotatable bonds is 7. The third-order valence-electron chi connectivity index (χ3n) is 3.68. The van der Waals surface area contributed by atoms with Crippen LogP contribution in [0.4, 0.5) is 11.4 Å². The highest BCUT2D eigenvalue weighted by molar-refractivity contribution is 6.04. The lowest BCUT2D eigenvalue weighted by Crippen LogP contribution is -2.15. The van der Waals surface area contributed by atoms with Crippen molar-refractivity contribution in [2.75, 3.05) is 19.5 Å². The largest absolute Gasteiger partial charge is 0.510 e. The highest BCUT2D eigenvalue weighted by Gasteiger charge is 2.16. The Balaban J connectivity index is 2.35. The number of para-hydroxylation sites is 2. The molecule has 0 saturated heterocycles. The van der Waals surface area contributed by atoms with Crippen molar-refractivity contribution in [3.63, 3.8) is 0 Å². The Hall–Kier alpha value is -4.08. The van der Waals surface area contributed by atoms with Gasteiger partial charge in [0.1, 0.15) is 22.9 Å². The average molecular weight is 398 g/mol. The Morgan fingerprint density at radius 3 is 2.34 bits per heavy atom. The molecule has 2 N–H and O–H groups in total. The second kappa shape index (κ2) is 9.74. The van der Waals surface area contributed by atoms with E-state index in [1.807, 2.05) is 0 Å². The van der Waals surface area contributed by atoms with Crippen LogP contribution in [0.2, 0.25) is 0 Å². The molecule has 0 radical (unpaired) electrons. The van der Waals surface area contributed by atoms with Gasteiger partial charge in [-0.05, 0) is 37.3 Å². The van der Waals surface area contributed by atoms with Crippen molar-refractivity contribution in [1.29, 1.82) is 0 Å². The highest BCUT2D eigenvalue weighted by atomic mass is 16.5. The van der Waals surface area contributed by atoms with Gasteiger partial charge in [0.05, 0.1) is 19.9 Å². The number of nitroso groups, excluding NO2 is 1. The quantitative estimate of drug-likeness (QED) is 0.311. The minimum atomic E-state index is -0.993. The van der Waals surface area contributed by atoms with E-state index in [0.717, 1.165) is 0 Å². The van der Waals surface area contributed by atoms with Crippen LogP contribution in [0.1, 0.15) is 17.3 Å². The number of benzene rings is 2. The monoisotopic (exact) mass is 398 g/mol. The molecular weight excluding hydrogens is 380 g/mol. The lowest BCUT2D eigenvalue weighted by molar-refractivity contribution is -0.113. The number of ether oxygens (including phenoxy) is 2. The predicted molar refractivity (Wildman–Crippen MR) is 105 cm³/mol. The third-order valence-corrected chi connectivity index (χ3v) is 3.68. The van der Waals surface area contributed by atoms with E-state index in [4.69, 9.17) is 9.47 Å². The van der Waals surface area contributed by atoms with Gasteiger partial charge in [0.15, 0.2) is 5.70 Å². The molecule has 2 aromatic rings. The molecule has 0 aromatic heterocycles. The number of nitrogens with one attached hydrogen (secondary N) is 1. The van der Waals surface area contributed by atoms with Crippen LogP contribution < -0.4 is 14.8 Å². The van der Waals surface area contributed by atoms with Crippen LogP contribution in [0.3, 0.4) is 0 Å². The van der Waals surface area contributed by atoms with Crippen molar-refractivity contribution in [2.24, 2.45) is 15.4 Å². The van der Waals surface area contributed by atoms with Gasteiger partial charge in [-0.15, -0.1) is 15.1 Å². The molecule has 150 valence electrons. The maximum absolute atomic E-state index is 12.5. The molecular formula is C19H18N4O6. The zero-order valence-electron chi connectivity index (χ0n) is 15.9. The van der Waals surface area contributed by atoms with Crippen LogP contribution in [0.25, 0.3) is 0 Å². The number of nitrogens with zero attached hydrogens (tertiary/aromatic N) is 3. The van der Waals surface area contributed by atoms with Gasteiger partial charge in [-0.1, -0.05) is 12.1 Å².